The smallest absolute Gasteiger partial charge is 0.288 e. The van der Waals surface area contributed by atoms with Crippen LogP contribution in [0, 0.1) is 0 Å². The summed E-state index contributed by atoms with van der Waals surface area (Å²) in [5, 5.41) is 8.16. The van der Waals surface area contributed by atoms with Crippen molar-refractivity contribution in [3.05, 3.63) is 0 Å². The lowest BCUT2D eigenvalue weighted by Crippen LogP contribution is -2.19. The van der Waals surface area contributed by atoms with E-state index in [9.17, 15) is 0 Å². The first-order valence-electron chi connectivity index (χ1n) is 2.52. The second kappa shape index (κ2) is 4.15. The summed E-state index contributed by atoms with van der Waals surface area (Å²) in [6, 6.07) is 0.144. The molecule has 2 nitrogen and oxygen atoms in total. The molecule has 0 aromatic carbocycles. The van der Waals surface area contributed by atoms with Crippen molar-refractivity contribution in [2.75, 3.05) is 0 Å². The monoisotopic (exact) mass is 100 g/mol. The van der Waals surface area contributed by atoms with Gasteiger partial charge in [-0.25, -0.2) is 0 Å². The highest BCUT2D eigenvalue weighted by atomic mass is 16.2. The van der Waals surface area contributed by atoms with Gasteiger partial charge in [-0.15, -0.1) is 0 Å². The number of hydrogen-bond donors (Lipinski definition) is 2. The van der Waals surface area contributed by atoms with Crippen molar-refractivity contribution in [1.29, 1.82) is 0 Å². The summed E-state index contributed by atoms with van der Waals surface area (Å²) < 4.78 is 0. The minimum atomic E-state index is 0.144. The highest BCUT2D eigenvalue weighted by Gasteiger charge is 1.95. The van der Waals surface area contributed by atoms with Gasteiger partial charge in [0.2, 0.25) is 0 Å². The summed E-state index contributed by atoms with van der Waals surface area (Å²) in [7, 11) is 1.11. The lowest BCUT2D eigenvalue weighted by atomic mass is 9.89. The standard InChI is InChI=1S/C4H11BNO/c1-2-4(6)3-5-7/h4,7H,2-3,6H2,1H3. The van der Waals surface area contributed by atoms with E-state index in [2.05, 4.69) is 0 Å². The summed E-state index contributed by atoms with van der Waals surface area (Å²) in [4.78, 5) is 0. The summed E-state index contributed by atoms with van der Waals surface area (Å²) in [5.41, 5.74) is 5.39. The van der Waals surface area contributed by atoms with Crippen LogP contribution >= 0.6 is 0 Å². The Labute approximate surface area is 45.0 Å². The molecule has 0 aromatic heterocycles. The third-order valence-electron chi connectivity index (χ3n) is 0.933. The normalized spacial score (nSPS) is 13.6. The third kappa shape index (κ3) is 3.82. The maximum atomic E-state index is 8.16. The Morgan fingerprint density at radius 1 is 1.86 bits per heavy atom. The van der Waals surface area contributed by atoms with Crippen LogP contribution < -0.4 is 5.73 Å². The van der Waals surface area contributed by atoms with E-state index in [1.807, 2.05) is 6.92 Å². The zero-order chi connectivity index (χ0) is 5.70. The fourth-order valence-electron chi connectivity index (χ4n) is 0.302. The summed E-state index contributed by atoms with van der Waals surface area (Å²) >= 11 is 0. The topological polar surface area (TPSA) is 46.2 Å². The molecular weight excluding hydrogens is 88.9 g/mol. The molecule has 41 valence electrons. The van der Waals surface area contributed by atoms with Gasteiger partial charge >= 0.3 is 0 Å². The van der Waals surface area contributed by atoms with Crippen LogP contribution in [0.25, 0.3) is 0 Å². The van der Waals surface area contributed by atoms with Crippen LogP contribution in [0.5, 0.6) is 0 Å². The van der Waals surface area contributed by atoms with Gasteiger partial charge in [0, 0.05) is 0 Å². The molecule has 7 heavy (non-hydrogen) atoms. The molecule has 1 atom stereocenters. The molecule has 0 spiro atoms. The number of rotatable bonds is 3. The van der Waals surface area contributed by atoms with Crippen molar-refractivity contribution in [2.24, 2.45) is 5.73 Å². The molecule has 0 saturated heterocycles. The van der Waals surface area contributed by atoms with Crippen LogP contribution in [0.2, 0.25) is 6.32 Å². The molecule has 0 bridgehead atoms. The molecular formula is C4H11BNO. The first kappa shape index (κ1) is 6.98. The van der Waals surface area contributed by atoms with Crippen LogP contribution in [0.4, 0.5) is 0 Å². The van der Waals surface area contributed by atoms with Crippen molar-refractivity contribution in [2.45, 2.75) is 25.7 Å². The molecule has 0 saturated carbocycles. The highest BCUT2D eigenvalue weighted by molar-refractivity contribution is 6.25. The number of nitrogens with two attached hydrogens (primary N) is 1. The predicted octanol–water partition coefficient (Wildman–Crippen LogP) is -0.246. The molecule has 3 N–H and O–H groups in total. The van der Waals surface area contributed by atoms with Gasteiger partial charge in [-0.1, -0.05) is 6.92 Å². The molecule has 0 fully saturated rings. The van der Waals surface area contributed by atoms with E-state index in [1.165, 1.54) is 0 Å². The van der Waals surface area contributed by atoms with Gasteiger partial charge in [-0.3, -0.25) is 0 Å². The van der Waals surface area contributed by atoms with Gasteiger partial charge in [0.05, 0.1) is 0 Å². The minimum Gasteiger partial charge on any atom is -0.454 e. The average molecular weight is 99.9 g/mol. The summed E-state index contributed by atoms with van der Waals surface area (Å²) in [5.74, 6) is 0. The Morgan fingerprint density at radius 2 is 2.43 bits per heavy atom. The Morgan fingerprint density at radius 3 is 2.57 bits per heavy atom. The Balaban J connectivity index is 2.83. The van der Waals surface area contributed by atoms with Crippen LogP contribution in [0.15, 0.2) is 0 Å². The van der Waals surface area contributed by atoms with Gasteiger partial charge in [-0.05, 0) is 18.8 Å². The fourth-order valence-corrected chi connectivity index (χ4v) is 0.302. The molecule has 3 heteroatoms. The van der Waals surface area contributed by atoms with E-state index in [-0.39, 0.29) is 6.04 Å². The van der Waals surface area contributed by atoms with E-state index in [0.717, 1.165) is 13.9 Å². The van der Waals surface area contributed by atoms with E-state index < -0.39 is 0 Å². The maximum absolute atomic E-state index is 8.16. The molecule has 0 rings (SSSR count). The molecule has 0 heterocycles. The number of hydrogen-bond acceptors (Lipinski definition) is 2. The van der Waals surface area contributed by atoms with Crippen LogP contribution in [0.3, 0.4) is 0 Å². The van der Waals surface area contributed by atoms with E-state index in [0.29, 0.717) is 6.32 Å². The molecule has 0 aliphatic rings. The molecule has 0 amide bonds. The Hall–Kier alpha value is -0.0151. The van der Waals surface area contributed by atoms with Crippen molar-refractivity contribution in [1.82, 2.24) is 0 Å². The summed E-state index contributed by atoms with van der Waals surface area (Å²) in [6.45, 7) is 1.99. The van der Waals surface area contributed by atoms with Crippen LogP contribution in [0.1, 0.15) is 13.3 Å². The van der Waals surface area contributed by atoms with Crippen molar-refractivity contribution in [3.8, 4) is 0 Å². The minimum absolute atomic E-state index is 0.144. The fraction of sp³-hybridized carbons (Fsp3) is 1.00. The Bertz CT molecular complexity index is 42.7. The van der Waals surface area contributed by atoms with Crippen molar-refractivity contribution >= 4 is 7.48 Å². The van der Waals surface area contributed by atoms with E-state index in [4.69, 9.17) is 10.8 Å². The Kier molecular flexibility index (Phi) is 4.14. The van der Waals surface area contributed by atoms with Crippen molar-refractivity contribution < 1.29 is 5.02 Å². The average Bonchev–Trinajstić information content (AvgIpc) is 1.68. The quantitative estimate of drug-likeness (QED) is 0.480. The second-order valence-corrected chi connectivity index (χ2v) is 1.59. The molecule has 0 aliphatic heterocycles. The predicted molar refractivity (Wildman–Crippen MR) is 31.0 cm³/mol. The molecule has 0 aliphatic carbocycles. The SMILES string of the molecule is CCC(N)C[B]O. The molecule has 1 unspecified atom stereocenters. The first-order valence-corrected chi connectivity index (χ1v) is 2.52. The molecule has 1 radical (unpaired) electrons. The second-order valence-electron chi connectivity index (χ2n) is 1.59. The molecule has 0 aromatic rings. The third-order valence-corrected chi connectivity index (χ3v) is 0.933. The van der Waals surface area contributed by atoms with Crippen LogP contribution in [-0.4, -0.2) is 18.5 Å². The van der Waals surface area contributed by atoms with E-state index in [1.54, 1.807) is 0 Å². The van der Waals surface area contributed by atoms with Gasteiger partial charge < -0.3 is 10.8 Å². The largest absolute Gasteiger partial charge is 0.454 e. The zero-order valence-corrected chi connectivity index (χ0v) is 4.59. The lowest BCUT2D eigenvalue weighted by Gasteiger charge is -2.01. The van der Waals surface area contributed by atoms with Gasteiger partial charge in [0.1, 0.15) is 0 Å². The zero-order valence-electron chi connectivity index (χ0n) is 4.59. The van der Waals surface area contributed by atoms with Gasteiger partial charge in [0.15, 0.2) is 0 Å². The van der Waals surface area contributed by atoms with Gasteiger partial charge in [-0.2, -0.15) is 0 Å². The van der Waals surface area contributed by atoms with E-state index >= 15 is 0 Å². The van der Waals surface area contributed by atoms with Gasteiger partial charge in [0.25, 0.3) is 7.48 Å². The van der Waals surface area contributed by atoms with Crippen LogP contribution in [-0.2, 0) is 0 Å². The lowest BCUT2D eigenvalue weighted by molar-refractivity contribution is 0.580. The maximum Gasteiger partial charge on any atom is 0.288 e. The summed E-state index contributed by atoms with van der Waals surface area (Å²) in [6.07, 6.45) is 1.54. The van der Waals surface area contributed by atoms with Crippen molar-refractivity contribution in [3.63, 3.8) is 0 Å². The highest BCUT2D eigenvalue weighted by Crippen LogP contribution is 1.89. The first-order chi connectivity index (χ1) is 3.31.